The highest BCUT2D eigenvalue weighted by Crippen LogP contribution is 2.04. The first kappa shape index (κ1) is 14.8. The molecule has 1 unspecified atom stereocenters. The van der Waals surface area contributed by atoms with Gasteiger partial charge in [-0.1, -0.05) is 0 Å². The zero-order valence-electron chi connectivity index (χ0n) is 9.48. The lowest BCUT2D eigenvalue weighted by molar-refractivity contribution is -0.149. The van der Waals surface area contributed by atoms with E-state index in [1.54, 1.807) is 0 Å². The molecule has 2 N–H and O–H groups in total. The summed E-state index contributed by atoms with van der Waals surface area (Å²) in [6.45, 7) is 0.913. The summed E-state index contributed by atoms with van der Waals surface area (Å²) in [7, 11) is 1.52. The molecule has 0 aliphatic rings. The third-order valence-electron chi connectivity index (χ3n) is 1.89. The topological polar surface area (TPSA) is 94.6 Å². The summed E-state index contributed by atoms with van der Waals surface area (Å²) in [6.07, 6.45) is 0.689. The number of carbonyl (C=O) groups is 1. The number of nitrogens with zero attached hydrogens (tertiary/aromatic N) is 1. The predicted octanol–water partition coefficient (Wildman–Crippen LogP) is 0.0288. The molecule has 0 saturated heterocycles. The molecule has 0 saturated carbocycles. The van der Waals surface area contributed by atoms with Crippen molar-refractivity contribution in [1.82, 2.24) is 0 Å². The van der Waals surface area contributed by atoms with Gasteiger partial charge in [-0.15, -0.1) is 0 Å². The second-order valence-electron chi connectivity index (χ2n) is 3.11. The third-order valence-corrected chi connectivity index (χ3v) is 1.89. The maximum absolute atomic E-state index is 11.4. The molecule has 0 amide bonds. The molecule has 0 bridgehead atoms. The Hall–Kier alpha value is -1.16. The van der Waals surface area contributed by atoms with Crippen LogP contribution in [0.2, 0.25) is 0 Å². The maximum atomic E-state index is 11.4. The Labute approximate surface area is 95.3 Å². The number of hydrogen-bond acceptors (Lipinski definition) is 6. The largest absolute Gasteiger partial charge is 0.464 e. The molecular formula is C10H18N2O4. The first-order valence-corrected chi connectivity index (χ1v) is 5.06. The van der Waals surface area contributed by atoms with Gasteiger partial charge < -0.3 is 19.9 Å². The lowest BCUT2D eigenvalue weighted by atomic mass is 10.1. The van der Waals surface area contributed by atoms with Crippen LogP contribution in [0.5, 0.6) is 0 Å². The van der Waals surface area contributed by atoms with E-state index in [-0.39, 0.29) is 38.3 Å². The molecule has 0 aliphatic heterocycles. The predicted molar refractivity (Wildman–Crippen MR) is 56.2 cm³/mol. The van der Waals surface area contributed by atoms with Gasteiger partial charge in [-0.3, -0.25) is 4.79 Å². The Morgan fingerprint density at radius 1 is 1.50 bits per heavy atom. The number of nitrogens with two attached hydrogens (primary N) is 1. The second-order valence-corrected chi connectivity index (χ2v) is 3.11. The minimum absolute atomic E-state index is 0.116. The summed E-state index contributed by atoms with van der Waals surface area (Å²) < 4.78 is 14.6. The normalized spacial score (nSPS) is 11.8. The fourth-order valence-corrected chi connectivity index (χ4v) is 1.01. The summed E-state index contributed by atoms with van der Waals surface area (Å²) in [5, 5.41) is 8.28. The molecule has 0 aliphatic carbocycles. The average molecular weight is 230 g/mol. The molecule has 92 valence electrons. The first-order chi connectivity index (χ1) is 7.76. The Morgan fingerprint density at radius 3 is 2.81 bits per heavy atom. The standard InChI is InChI=1S/C10H18N2O4/c1-14-8-15-6-3-9(7-12)10(13)16-5-2-4-11/h9H,2-3,5-8,12H2,1H3. The zero-order valence-corrected chi connectivity index (χ0v) is 9.48. The van der Waals surface area contributed by atoms with Crippen LogP contribution in [0.1, 0.15) is 12.8 Å². The minimum atomic E-state index is -0.379. The lowest BCUT2D eigenvalue weighted by Gasteiger charge is -2.13. The van der Waals surface area contributed by atoms with Gasteiger partial charge in [0.25, 0.3) is 0 Å². The molecular weight excluding hydrogens is 212 g/mol. The van der Waals surface area contributed by atoms with Gasteiger partial charge in [0.2, 0.25) is 0 Å². The number of hydrogen-bond donors (Lipinski definition) is 1. The molecule has 6 nitrogen and oxygen atoms in total. The van der Waals surface area contributed by atoms with Gasteiger partial charge in [0.05, 0.1) is 25.0 Å². The SMILES string of the molecule is COCOCCC(CN)C(=O)OCCC#N. The summed E-state index contributed by atoms with van der Waals surface area (Å²) >= 11 is 0. The Bertz CT molecular complexity index is 227. The molecule has 0 rings (SSSR count). The van der Waals surface area contributed by atoms with Crippen LogP contribution in [-0.2, 0) is 19.0 Å². The molecule has 1 atom stereocenters. The highest BCUT2D eigenvalue weighted by Gasteiger charge is 2.17. The van der Waals surface area contributed by atoms with Crippen LogP contribution in [0.4, 0.5) is 0 Å². The molecule has 0 aromatic rings. The fourth-order valence-electron chi connectivity index (χ4n) is 1.01. The van der Waals surface area contributed by atoms with Crippen molar-refractivity contribution >= 4 is 5.97 Å². The van der Waals surface area contributed by atoms with Crippen molar-refractivity contribution in [3.8, 4) is 6.07 Å². The van der Waals surface area contributed by atoms with Crippen molar-refractivity contribution in [2.75, 3.05) is 33.7 Å². The first-order valence-electron chi connectivity index (χ1n) is 5.06. The number of rotatable bonds is 9. The van der Waals surface area contributed by atoms with Crippen molar-refractivity contribution in [3.05, 3.63) is 0 Å². The third kappa shape index (κ3) is 7.17. The average Bonchev–Trinajstić information content (AvgIpc) is 2.29. The lowest BCUT2D eigenvalue weighted by Crippen LogP contribution is -2.27. The van der Waals surface area contributed by atoms with Crippen LogP contribution in [0, 0.1) is 17.2 Å². The van der Waals surface area contributed by atoms with Crippen LogP contribution in [0.3, 0.4) is 0 Å². The van der Waals surface area contributed by atoms with Crippen molar-refractivity contribution in [2.24, 2.45) is 11.7 Å². The quantitative estimate of drug-likeness (QED) is 0.341. The van der Waals surface area contributed by atoms with Gasteiger partial charge in [0, 0.05) is 13.7 Å². The van der Waals surface area contributed by atoms with Gasteiger partial charge in [-0.25, -0.2) is 0 Å². The Balaban J connectivity index is 3.70. The van der Waals surface area contributed by atoms with Crippen LogP contribution < -0.4 is 5.73 Å². The Kier molecular flexibility index (Phi) is 9.61. The van der Waals surface area contributed by atoms with Gasteiger partial charge in [-0.05, 0) is 6.42 Å². The molecule has 0 fully saturated rings. The van der Waals surface area contributed by atoms with Gasteiger partial charge >= 0.3 is 5.97 Å². The van der Waals surface area contributed by atoms with E-state index in [2.05, 4.69) is 0 Å². The number of methoxy groups -OCH3 is 1. The van der Waals surface area contributed by atoms with Gasteiger partial charge in [0.15, 0.2) is 0 Å². The van der Waals surface area contributed by atoms with Crippen molar-refractivity contribution in [2.45, 2.75) is 12.8 Å². The van der Waals surface area contributed by atoms with Crippen molar-refractivity contribution in [1.29, 1.82) is 5.26 Å². The molecule has 0 aromatic heterocycles. The molecule has 16 heavy (non-hydrogen) atoms. The molecule has 0 heterocycles. The van der Waals surface area contributed by atoms with Crippen LogP contribution in [-0.4, -0.2) is 39.6 Å². The van der Waals surface area contributed by atoms with Gasteiger partial charge in [0.1, 0.15) is 13.4 Å². The van der Waals surface area contributed by atoms with E-state index in [4.69, 9.17) is 25.2 Å². The van der Waals surface area contributed by atoms with E-state index in [0.717, 1.165) is 0 Å². The van der Waals surface area contributed by atoms with Crippen LogP contribution in [0.15, 0.2) is 0 Å². The summed E-state index contributed by atoms with van der Waals surface area (Å²) in [5.74, 6) is -0.755. The number of esters is 1. The number of carbonyl (C=O) groups excluding carboxylic acids is 1. The van der Waals surface area contributed by atoms with E-state index in [9.17, 15) is 4.79 Å². The molecule has 0 radical (unpaired) electrons. The van der Waals surface area contributed by atoms with Gasteiger partial charge in [-0.2, -0.15) is 5.26 Å². The summed E-state index contributed by atoms with van der Waals surface area (Å²) in [4.78, 5) is 11.4. The van der Waals surface area contributed by atoms with Crippen LogP contribution in [0.25, 0.3) is 0 Å². The number of nitriles is 1. The molecule has 0 aromatic carbocycles. The van der Waals surface area contributed by atoms with Crippen LogP contribution >= 0.6 is 0 Å². The highest BCUT2D eigenvalue weighted by molar-refractivity contribution is 5.72. The smallest absolute Gasteiger partial charge is 0.310 e. The second kappa shape index (κ2) is 10.4. The van der Waals surface area contributed by atoms with E-state index in [1.165, 1.54) is 7.11 Å². The van der Waals surface area contributed by atoms with E-state index in [1.807, 2.05) is 6.07 Å². The van der Waals surface area contributed by atoms with E-state index in [0.29, 0.717) is 13.0 Å². The Morgan fingerprint density at radius 2 is 2.25 bits per heavy atom. The van der Waals surface area contributed by atoms with E-state index < -0.39 is 0 Å². The fraction of sp³-hybridized carbons (Fsp3) is 0.800. The maximum Gasteiger partial charge on any atom is 0.310 e. The monoisotopic (exact) mass is 230 g/mol. The van der Waals surface area contributed by atoms with Crippen molar-refractivity contribution in [3.63, 3.8) is 0 Å². The highest BCUT2D eigenvalue weighted by atomic mass is 16.7. The molecule has 6 heteroatoms. The summed E-state index contributed by atoms with van der Waals surface area (Å²) in [6, 6.07) is 1.89. The number of ether oxygens (including phenoxy) is 3. The zero-order chi connectivity index (χ0) is 12.2. The van der Waals surface area contributed by atoms with E-state index >= 15 is 0 Å². The molecule has 0 spiro atoms. The van der Waals surface area contributed by atoms with Crippen molar-refractivity contribution < 1.29 is 19.0 Å². The minimum Gasteiger partial charge on any atom is -0.464 e. The summed E-state index contributed by atoms with van der Waals surface area (Å²) in [5.41, 5.74) is 5.44.